The zero-order valence-electron chi connectivity index (χ0n) is 12.9. The molecule has 0 fully saturated rings. The predicted octanol–water partition coefficient (Wildman–Crippen LogP) is 7.09. The maximum absolute atomic E-state index is 6.66. The molecular formula is C18H28Cl2. The predicted molar refractivity (Wildman–Crippen MR) is 91.6 cm³/mol. The molecule has 0 N–H and O–H groups in total. The highest BCUT2D eigenvalue weighted by atomic mass is 35.5. The highest BCUT2D eigenvalue weighted by Gasteiger charge is 2.34. The van der Waals surface area contributed by atoms with E-state index in [0.717, 1.165) is 18.4 Å². The summed E-state index contributed by atoms with van der Waals surface area (Å²) in [5.41, 5.74) is 1.03. The molecular weight excluding hydrogens is 287 g/mol. The lowest BCUT2D eigenvalue weighted by atomic mass is 9.90. The minimum absolute atomic E-state index is 0.333. The van der Waals surface area contributed by atoms with Crippen LogP contribution in [0, 0.1) is 5.92 Å². The second kappa shape index (κ2) is 9.68. The minimum atomic E-state index is -0.751. The summed E-state index contributed by atoms with van der Waals surface area (Å²) >= 11 is 13.3. The van der Waals surface area contributed by atoms with Gasteiger partial charge in [0.2, 0.25) is 0 Å². The third-order valence-corrected chi connectivity index (χ3v) is 5.12. The quantitative estimate of drug-likeness (QED) is 0.319. The molecule has 0 aliphatic heterocycles. The van der Waals surface area contributed by atoms with Crippen molar-refractivity contribution in [2.75, 3.05) is 0 Å². The summed E-state index contributed by atoms with van der Waals surface area (Å²) in [7, 11) is 0. The zero-order valence-corrected chi connectivity index (χ0v) is 14.4. The lowest BCUT2D eigenvalue weighted by molar-refractivity contribution is 0.399. The fraction of sp³-hybridized carbons (Fsp3) is 0.667. The maximum atomic E-state index is 6.66. The molecule has 114 valence electrons. The fourth-order valence-electron chi connectivity index (χ4n) is 2.71. The molecule has 20 heavy (non-hydrogen) atoms. The van der Waals surface area contributed by atoms with E-state index < -0.39 is 4.33 Å². The van der Waals surface area contributed by atoms with Crippen molar-refractivity contribution in [3.63, 3.8) is 0 Å². The van der Waals surface area contributed by atoms with Gasteiger partial charge in [-0.2, -0.15) is 0 Å². The van der Waals surface area contributed by atoms with Crippen LogP contribution in [0.15, 0.2) is 30.3 Å². The third kappa shape index (κ3) is 5.66. The summed E-state index contributed by atoms with van der Waals surface area (Å²) in [5, 5.41) is 0. The topological polar surface area (TPSA) is 0 Å². The van der Waals surface area contributed by atoms with Gasteiger partial charge in [0.25, 0.3) is 0 Å². The Bertz CT molecular complexity index is 346. The highest BCUT2D eigenvalue weighted by Crippen LogP contribution is 2.44. The number of benzene rings is 1. The molecule has 0 spiro atoms. The first-order chi connectivity index (χ1) is 9.62. The van der Waals surface area contributed by atoms with Gasteiger partial charge in [0.15, 0.2) is 0 Å². The van der Waals surface area contributed by atoms with Crippen LogP contribution in [0.25, 0.3) is 0 Å². The van der Waals surface area contributed by atoms with Crippen LogP contribution in [0.5, 0.6) is 0 Å². The van der Waals surface area contributed by atoms with E-state index in [1.165, 1.54) is 38.5 Å². The molecule has 0 aromatic heterocycles. The normalized spacial score (nSPS) is 13.4. The molecule has 1 unspecified atom stereocenters. The first kappa shape index (κ1) is 17.9. The fourth-order valence-corrected chi connectivity index (χ4v) is 3.49. The third-order valence-electron chi connectivity index (χ3n) is 4.07. The van der Waals surface area contributed by atoms with Gasteiger partial charge in [0.05, 0.1) is 0 Å². The summed E-state index contributed by atoms with van der Waals surface area (Å²) in [6.07, 6.45) is 10.0. The summed E-state index contributed by atoms with van der Waals surface area (Å²) in [6.45, 7) is 4.44. The van der Waals surface area contributed by atoms with E-state index in [4.69, 9.17) is 23.2 Å². The Balaban J connectivity index is 2.44. The first-order valence-corrected chi connectivity index (χ1v) is 8.81. The lowest BCUT2D eigenvalue weighted by Crippen LogP contribution is -2.23. The van der Waals surface area contributed by atoms with Gasteiger partial charge in [-0.3, -0.25) is 0 Å². The van der Waals surface area contributed by atoms with Crippen LogP contribution >= 0.6 is 23.2 Å². The number of hydrogen-bond acceptors (Lipinski definition) is 0. The van der Waals surface area contributed by atoms with Gasteiger partial charge in [-0.25, -0.2) is 0 Å². The second-order valence-corrected chi connectivity index (χ2v) is 7.04. The van der Waals surface area contributed by atoms with Crippen molar-refractivity contribution in [2.24, 2.45) is 5.92 Å². The average Bonchev–Trinajstić information content (AvgIpc) is 2.47. The van der Waals surface area contributed by atoms with E-state index >= 15 is 0 Å². The Kier molecular flexibility index (Phi) is 8.64. The number of unbranched alkanes of at least 4 members (excludes halogenated alkanes) is 5. The van der Waals surface area contributed by atoms with Gasteiger partial charge in [-0.15, -0.1) is 0 Å². The van der Waals surface area contributed by atoms with Crippen LogP contribution in [0.1, 0.15) is 70.8 Å². The molecule has 0 aliphatic carbocycles. The summed E-state index contributed by atoms with van der Waals surface area (Å²) < 4.78 is -0.751. The number of hydrogen-bond donors (Lipinski definition) is 0. The van der Waals surface area contributed by atoms with Crippen molar-refractivity contribution in [1.29, 1.82) is 0 Å². The van der Waals surface area contributed by atoms with Crippen LogP contribution in [0.3, 0.4) is 0 Å². The summed E-state index contributed by atoms with van der Waals surface area (Å²) in [5.74, 6) is 0.333. The molecule has 0 amide bonds. The van der Waals surface area contributed by atoms with Gasteiger partial charge in [-0.1, -0.05) is 112 Å². The van der Waals surface area contributed by atoms with Crippen molar-refractivity contribution >= 4 is 23.2 Å². The Morgan fingerprint density at radius 3 is 2.10 bits per heavy atom. The minimum Gasteiger partial charge on any atom is -0.0960 e. The number of rotatable bonds is 10. The van der Waals surface area contributed by atoms with Crippen LogP contribution in [0.4, 0.5) is 0 Å². The average molecular weight is 315 g/mol. The standard InChI is InChI=1S/C18H28Cl2/c1-3-5-6-7-8-10-13-16(4-2)18(19,20)17-14-11-9-12-15-17/h9,11-12,14-16H,3-8,10,13H2,1-2H3. The van der Waals surface area contributed by atoms with Gasteiger partial charge in [0.1, 0.15) is 4.33 Å². The Hall–Kier alpha value is -0.200. The van der Waals surface area contributed by atoms with E-state index in [1.807, 2.05) is 30.3 Å². The molecule has 0 aliphatic rings. The van der Waals surface area contributed by atoms with Crippen LogP contribution < -0.4 is 0 Å². The van der Waals surface area contributed by atoms with Crippen molar-refractivity contribution in [3.05, 3.63) is 35.9 Å². The molecule has 1 aromatic carbocycles. The van der Waals surface area contributed by atoms with E-state index in [-0.39, 0.29) is 0 Å². The van der Waals surface area contributed by atoms with Crippen LogP contribution in [-0.2, 0) is 4.33 Å². The Labute approximate surface area is 134 Å². The summed E-state index contributed by atoms with van der Waals surface area (Å²) in [4.78, 5) is 0. The molecule has 0 saturated carbocycles. The molecule has 0 nitrogen and oxygen atoms in total. The SMILES string of the molecule is CCCCCCCCC(CC)C(Cl)(Cl)c1ccccc1. The molecule has 2 heteroatoms. The van der Waals surface area contributed by atoms with E-state index in [9.17, 15) is 0 Å². The number of halogens is 2. The van der Waals surface area contributed by atoms with E-state index in [0.29, 0.717) is 5.92 Å². The Morgan fingerprint density at radius 1 is 0.900 bits per heavy atom. The van der Waals surface area contributed by atoms with Crippen molar-refractivity contribution in [2.45, 2.75) is 69.5 Å². The molecule has 0 heterocycles. The van der Waals surface area contributed by atoms with Gasteiger partial charge >= 0.3 is 0 Å². The van der Waals surface area contributed by atoms with Crippen LogP contribution in [-0.4, -0.2) is 0 Å². The van der Waals surface area contributed by atoms with Gasteiger partial charge in [0, 0.05) is 0 Å². The van der Waals surface area contributed by atoms with Gasteiger partial charge in [-0.05, 0) is 17.9 Å². The molecule has 0 radical (unpaired) electrons. The molecule has 1 aromatic rings. The van der Waals surface area contributed by atoms with Crippen molar-refractivity contribution in [1.82, 2.24) is 0 Å². The lowest BCUT2D eigenvalue weighted by Gasteiger charge is -2.29. The summed E-state index contributed by atoms with van der Waals surface area (Å²) in [6, 6.07) is 10.1. The molecule has 0 bridgehead atoms. The maximum Gasteiger partial charge on any atom is 0.145 e. The highest BCUT2D eigenvalue weighted by molar-refractivity contribution is 6.48. The molecule has 1 atom stereocenters. The van der Waals surface area contributed by atoms with Crippen molar-refractivity contribution in [3.8, 4) is 0 Å². The van der Waals surface area contributed by atoms with Crippen LogP contribution in [0.2, 0.25) is 0 Å². The van der Waals surface area contributed by atoms with Crippen molar-refractivity contribution < 1.29 is 0 Å². The molecule has 1 rings (SSSR count). The smallest absolute Gasteiger partial charge is 0.0960 e. The monoisotopic (exact) mass is 314 g/mol. The zero-order chi connectivity index (χ0) is 14.8. The largest absolute Gasteiger partial charge is 0.145 e. The van der Waals surface area contributed by atoms with E-state index in [2.05, 4.69) is 13.8 Å². The first-order valence-electron chi connectivity index (χ1n) is 8.06. The van der Waals surface area contributed by atoms with Gasteiger partial charge < -0.3 is 0 Å². The second-order valence-electron chi connectivity index (χ2n) is 5.65. The molecule has 0 saturated heterocycles. The Morgan fingerprint density at radius 2 is 1.50 bits per heavy atom. The number of alkyl halides is 2. The van der Waals surface area contributed by atoms with E-state index in [1.54, 1.807) is 0 Å².